The van der Waals surface area contributed by atoms with Gasteiger partial charge in [0.15, 0.2) is 0 Å². The highest BCUT2D eigenvalue weighted by atomic mass is 16.4. The molecule has 3 nitrogen and oxygen atoms in total. The monoisotopic (exact) mass is 146 g/mol. The molecule has 0 aliphatic carbocycles. The maximum absolute atomic E-state index is 9.01. The third kappa shape index (κ3) is 2.96. The van der Waals surface area contributed by atoms with Gasteiger partial charge in [0, 0.05) is 0 Å². The summed E-state index contributed by atoms with van der Waals surface area (Å²) in [5.74, 6) is 0. The van der Waals surface area contributed by atoms with Crippen LogP contribution in [0.25, 0.3) is 0 Å². The molecule has 0 aromatic carbocycles. The van der Waals surface area contributed by atoms with Gasteiger partial charge in [-0.3, -0.25) is 0 Å². The molecule has 0 fully saturated rings. The van der Waals surface area contributed by atoms with Crippen molar-refractivity contribution in [1.29, 1.82) is 0 Å². The highest BCUT2D eigenvalue weighted by Crippen LogP contribution is 2.03. The molecule has 0 spiro atoms. The minimum atomic E-state index is -1.07. The summed E-state index contributed by atoms with van der Waals surface area (Å²) in [6.07, 6.45) is -1.08. The molecular formula is C7H14O3. The SMILES string of the molecule is C=CC[C@@H](O)[C@H](O)[C@H](C)O. The standard InChI is InChI=1S/C7H14O3/c1-3-4-6(9)7(10)5(2)8/h3,5-10H,1,4H2,2H3/t5-,6+,7+/m0/s1. The molecule has 0 rings (SSSR count). The second kappa shape index (κ2) is 4.44. The zero-order valence-electron chi connectivity index (χ0n) is 6.07. The molecule has 0 aliphatic rings. The Labute approximate surface area is 60.6 Å². The van der Waals surface area contributed by atoms with Crippen LogP contribution in [0.15, 0.2) is 12.7 Å². The van der Waals surface area contributed by atoms with Crippen LogP contribution >= 0.6 is 0 Å². The Morgan fingerprint density at radius 2 is 1.90 bits per heavy atom. The molecule has 3 heteroatoms. The summed E-state index contributed by atoms with van der Waals surface area (Å²) >= 11 is 0. The maximum Gasteiger partial charge on any atom is 0.106 e. The molecule has 10 heavy (non-hydrogen) atoms. The smallest absolute Gasteiger partial charge is 0.106 e. The highest BCUT2D eigenvalue weighted by Gasteiger charge is 2.19. The first kappa shape index (κ1) is 9.62. The van der Waals surface area contributed by atoms with Crippen LogP contribution < -0.4 is 0 Å². The number of hydrogen-bond donors (Lipinski definition) is 3. The molecule has 0 bridgehead atoms. The summed E-state index contributed by atoms with van der Waals surface area (Å²) in [5, 5.41) is 26.8. The van der Waals surface area contributed by atoms with Gasteiger partial charge in [-0.05, 0) is 13.3 Å². The average Bonchev–Trinajstić information content (AvgIpc) is 1.87. The lowest BCUT2D eigenvalue weighted by Crippen LogP contribution is -2.34. The summed E-state index contributed by atoms with van der Waals surface area (Å²) in [5.41, 5.74) is 0. The van der Waals surface area contributed by atoms with E-state index in [1.54, 1.807) is 0 Å². The van der Waals surface area contributed by atoms with Crippen LogP contribution in [-0.2, 0) is 0 Å². The molecule has 60 valence electrons. The van der Waals surface area contributed by atoms with Gasteiger partial charge in [0.05, 0.1) is 12.2 Å². The van der Waals surface area contributed by atoms with Crippen molar-refractivity contribution in [2.45, 2.75) is 31.7 Å². The van der Waals surface area contributed by atoms with Gasteiger partial charge >= 0.3 is 0 Å². The molecule has 0 aliphatic heterocycles. The molecular weight excluding hydrogens is 132 g/mol. The fourth-order valence-electron chi connectivity index (χ4n) is 0.632. The van der Waals surface area contributed by atoms with Crippen LogP contribution in [0.5, 0.6) is 0 Å². The van der Waals surface area contributed by atoms with Crippen LogP contribution in [0, 0.1) is 0 Å². The van der Waals surface area contributed by atoms with Gasteiger partial charge in [-0.25, -0.2) is 0 Å². The lowest BCUT2D eigenvalue weighted by atomic mass is 10.1. The van der Waals surface area contributed by atoms with Gasteiger partial charge < -0.3 is 15.3 Å². The van der Waals surface area contributed by atoms with E-state index in [9.17, 15) is 0 Å². The zero-order valence-corrected chi connectivity index (χ0v) is 6.07. The van der Waals surface area contributed by atoms with Crippen LogP contribution in [-0.4, -0.2) is 33.6 Å². The Morgan fingerprint density at radius 3 is 2.20 bits per heavy atom. The predicted molar refractivity (Wildman–Crippen MR) is 38.5 cm³/mol. The van der Waals surface area contributed by atoms with E-state index in [2.05, 4.69) is 6.58 Å². The minimum absolute atomic E-state index is 0.298. The molecule has 0 aromatic rings. The maximum atomic E-state index is 9.01. The van der Waals surface area contributed by atoms with Crippen molar-refractivity contribution >= 4 is 0 Å². The van der Waals surface area contributed by atoms with Gasteiger partial charge in [0.25, 0.3) is 0 Å². The molecule has 3 atom stereocenters. The molecule has 0 heterocycles. The molecule has 0 saturated heterocycles. The zero-order chi connectivity index (χ0) is 8.15. The summed E-state index contributed by atoms with van der Waals surface area (Å²) in [4.78, 5) is 0. The summed E-state index contributed by atoms with van der Waals surface area (Å²) in [6, 6.07) is 0. The van der Waals surface area contributed by atoms with Crippen molar-refractivity contribution in [2.75, 3.05) is 0 Å². The fraction of sp³-hybridized carbons (Fsp3) is 0.714. The van der Waals surface area contributed by atoms with E-state index in [0.29, 0.717) is 6.42 Å². The van der Waals surface area contributed by atoms with Crippen molar-refractivity contribution in [3.63, 3.8) is 0 Å². The molecule has 0 radical (unpaired) electrons. The lowest BCUT2D eigenvalue weighted by Gasteiger charge is -2.18. The van der Waals surface area contributed by atoms with E-state index in [1.165, 1.54) is 13.0 Å². The molecule has 3 N–H and O–H groups in total. The fourth-order valence-corrected chi connectivity index (χ4v) is 0.632. The Bertz CT molecular complexity index is 101. The second-order valence-corrected chi connectivity index (χ2v) is 2.32. The summed E-state index contributed by atoms with van der Waals surface area (Å²) < 4.78 is 0. The molecule has 0 unspecified atom stereocenters. The van der Waals surface area contributed by atoms with Crippen molar-refractivity contribution in [2.24, 2.45) is 0 Å². The predicted octanol–water partition coefficient (Wildman–Crippen LogP) is -0.335. The van der Waals surface area contributed by atoms with Gasteiger partial charge in [-0.2, -0.15) is 0 Å². The van der Waals surface area contributed by atoms with E-state index in [0.717, 1.165) is 0 Å². The van der Waals surface area contributed by atoms with Crippen LogP contribution in [0.4, 0.5) is 0 Å². The van der Waals surface area contributed by atoms with Crippen LogP contribution in [0.1, 0.15) is 13.3 Å². The van der Waals surface area contributed by atoms with E-state index in [-0.39, 0.29) is 0 Å². The van der Waals surface area contributed by atoms with Gasteiger partial charge in [0.1, 0.15) is 6.10 Å². The summed E-state index contributed by atoms with van der Waals surface area (Å²) in [7, 11) is 0. The first-order chi connectivity index (χ1) is 4.59. The number of aliphatic hydroxyl groups is 3. The lowest BCUT2D eigenvalue weighted by molar-refractivity contribution is -0.0499. The number of aliphatic hydroxyl groups excluding tert-OH is 3. The van der Waals surface area contributed by atoms with Crippen molar-refractivity contribution in [1.82, 2.24) is 0 Å². The van der Waals surface area contributed by atoms with Crippen LogP contribution in [0.2, 0.25) is 0 Å². The Balaban J connectivity index is 3.68. The first-order valence-corrected chi connectivity index (χ1v) is 3.24. The Kier molecular flexibility index (Phi) is 4.27. The van der Waals surface area contributed by atoms with Crippen molar-refractivity contribution in [3.8, 4) is 0 Å². The normalized spacial score (nSPS) is 19.6. The van der Waals surface area contributed by atoms with Gasteiger partial charge in [0.2, 0.25) is 0 Å². The quantitative estimate of drug-likeness (QED) is 0.476. The number of hydrogen-bond acceptors (Lipinski definition) is 3. The molecule has 0 aromatic heterocycles. The third-order valence-corrected chi connectivity index (χ3v) is 1.30. The Hall–Kier alpha value is -0.380. The van der Waals surface area contributed by atoms with Crippen molar-refractivity contribution in [3.05, 3.63) is 12.7 Å². The topological polar surface area (TPSA) is 60.7 Å². The first-order valence-electron chi connectivity index (χ1n) is 3.24. The van der Waals surface area contributed by atoms with E-state index >= 15 is 0 Å². The third-order valence-electron chi connectivity index (χ3n) is 1.30. The highest BCUT2D eigenvalue weighted by molar-refractivity contribution is 4.79. The average molecular weight is 146 g/mol. The van der Waals surface area contributed by atoms with Gasteiger partial charge in [-0.1, -0.05) is 6.08 Å². The Morgan fingerprint density at radius 1 is 1.40 bits per heavy atom. The van der Waals surface area contributed by atoms with E-state index in [4.69, 9.17) is 15.3 Å². The van der Waals surface area contributed by atoms with Crippen molar-refractivity contribution < 1.29 is 15.3 Å². The van der Waals surface area contributed by atoms with Gasteiger partial charge in [-0.15, -0.1) is 6.58 Å². The van der Waals surface area contributed by atoms with E-state index in [1.807, 2.05) is 0 Å². The molecule has 0 amide bonds. The second-order valence-electron chi connectivity index (χ2n) is 2.32. The molecule has 0 saturated carbocycles. The summed E-state index contributed by atoms with van der Waals surface area (Å²) in [6.45, 7) is 4.82. The van der Waals surface area contributed by atoms with E-state index < -0.39 is 18.3 Å². The van der Waals surface area contributed by atoms with Crippen LogP contribution in [0.3, 0.4) is 0 Å². The number of rotatable bonds is 4. The largest absolute Gasteiger partial charge is 0.391 e. The minimum Gasteiger partial charge on any atom is -0.391 e.